The van der Waals surface area contributed by atoms with Gasteiger partial charge in [0, 0.05) is 32.7 Å². The van der Waals surface area contributed by atoms with Crippen molar-refractivity contribution in [2.24, 2.45) is 4.99 Å². The number of nitrogens with one attached hydrogen (secondary N) is 1. The van der Waals surface area contributed by atoms with Crippen molar-refractivity contribution in [3.05, 3.63) is 11.6 Å². The summed E-state index contributed by atoms with van der Waals surface area (Å²) in [6.07, 6.45) is 5.63. The minimum atomic E-state index is 0.673. The van der Waals surface area contributed by atoms with E-state index in [2.05, 4.69) is 40.0 Å². The zero-order valence-corrected chi connectivity index (χ0v) is 14.5. The molecule has 22 heavy (non-hydrogen) atoms. The molecule has 0 aromatic heterocycles. The van der Waals surface area contributed by atoms with Crippen LogP contribution in [-0.2, 0) is 4.74 Å². The Hall–Kier alpha value is -1.07. The van der Waals surface area contributed by atoms with Crippen molar-refractivity contribution in [2.45, 2.75) is 39.2 Å². The van der Waals surface area contributed by atoms with Gasteiger partial charge < -0.3 is 15.0 Å². The molecule has 2 aliphatic heterocycles. The zero-order valence-electron chi connectivity index (χ0n) is 14.5. The first-order chi connectivity index (χ1) is 10.8. The van der Waals surface area contributed by atoms with Gasteiger partial charge in [0.2, 0.25) is 0 Å². The maximum Gasteiger partial charge on any atom is 0.193 e. The molecular weight excluding hydrogens is 276 g/mol. The average molecular weight is 308 g/mol. The number of aliphatic imine (C=N–C) groups is 1. The largest absolute Gasteiger partial charge is 0.377 e. The van der Waals surface area contributed by atoms with E-state index < -0.39 is 0 Å². The molecule has 1 fully saturated rings. The van der Waals surface area contributed by atoms with Gasteiger partial charge in [0.25, 0.3) is 0 Å². The van der Waals surface area contributed by atoms with Gasteiger partial charge in [-0.3, -0.25) is 9.89 Å². The van der Waals surface area contributed by atoms with Gasteiger partial charge in [-0.1, -0.05) is 25.5 Å². The van der Waals surface area contributed by atoms with E-state index >= 15 is 0 Å². The minimum absolute atomic E-state index is 0.673. The van der Waals surface area contributed by atoms with Crippen LogP contribution in [0.2, 0.25) is 0 Å². The van der Waals surface area contributed by atoms with Gasteiger partial charge >= 0.3 is 0 Å². The fraction of sp³-hybridized carbons (Fsp3) is 0.824. The second kappa shape index (κ2) is 9.16. The van der Waals surface area contributed by atoms with Gasteiger partial charge in [0.15, 0.2) is 5.96 Å². The van der Waals surface area contributed by atoms with E-state index in [0.29, 0.717) is 6.04 Å². The second-order valence-electron chi connectivity index (χ2n) is 6.02. The van der Waals surface area contributed by atoms with Crippen LogP contribution in [0.5, 0.6) is 0 Å². The minimum Gasteiger partial charge on any atom is -0.377 e. The molecule has 2 heterocycles. The fourth-order valence-corrected chi connectivity index (χ4v) is 3.43. The van der Waals surface area contributed by atoms with Crippen molar-refractivity contribution in [1.82, 2.24) is 15.1 Å². The van der Waals surface area contributed by atoms with Crippen LogP contribution in [0.1, 0.15) is 33.1 Å². The van der Waals surface area contributed by atoms with Gasteiger partial charge in [-0.25, -0.2) is 0 Å². The predicted molar refractivity (Wildman–Crippen MR) is 92.4 cm³/mol. The molecule has 0 amide bonds. The lowest BCUT2D eigenvalue weighted by Gasteiger charge is -2.27. The van der Waals surface area contributed by atoms with Crippen molar-refractivity contribution in [1.29, 1.82) is 0 Å². The molecule has 5 nitrogen and oxygen atoms in total. The molecule has 0 aliphatic carbocycles. The van der Waals surface area contributed by atoms with Gasteiger partial charge in [0.05, 0.1) is 13.2 Å². The topological polar surface area (TPSA) is 40.1 Å². The highest BCUT2D eigenvalue weighted by Crippen LogP contribution is 2.16. The van der Waals surface area contributed by atoms with Crippen LogP contribution >= 0.6 is 0 Å². The third kappa shape index (κ3) is 4.71. The molecule has 2 rings (SSSR count). The molecule has 0 aromatic rings. The third-order valence-electron chi connectivity index (χ3n) is 4.79. The highest BCUT2D eigenvalue weighted by atomic mass is 16.5. The molecule has 2 aliphatic rings. The van der Waals surface area contributed by atoms with Crippen LogP contribution in [0.15, 0.2) is 16.6 Å². The molecular formula is C17H32N4O. The Kier molecular flexibility index (Phi) is 7.19. The van der Waals surface area contributed by atoms with Crippen LogP contribution in [0.3, 0.4) is 0 Å². The van der Waals surface area contributed by atoms with Crippen molar-refractivity contribution >= 4 is 5.96 Å². The molecule has 126 valence electrons. The zero-order chi connectivity index (χ0) is 15.8. The van der Waals surface area contributed by atoms with E-state index in [0.717, 1.165) is 64.7 Å². The van der Waals surface area contributed by atoms with Crippen LogP contribution < -0.4 is 5.32 Å². The maximum absolute atomic E-state index is 5.35. The summed E-state index contributed by atoms with van der Waals surface area (Å²) < 4.78 is 5.35. The molecule has 0 saturated carbocycles. The molecule has 0 radical (unpaired) electrons. The Morgan fingerprint density at radius 2 is 2.27 bits per heavy atom. The van der Waals surface area contributed by atoms with E-state index in [1.54, 1.807) is 0 Å². The number of hydrogen-bond donors (Lipinski definition) is 1. The number of nitrogens with zero attached hydrogens (tertiary/aromatic N) is 3. The number of likely N-dealkylation sites (N-methyl/N-ethyl adjacent to an activating group) is 1. The summed E-state index contributed by atoms with van der Waals surface area (Å²) in [6, 6.07) is 0.673. The molecule has 0 spiro atoms. The lowest BCUT2D eigenvalue weighted by Crippen LogP contribution is -2.43. The van der Waals surface area contributed by atoms with Crippen LogP contribution in [0, 0.1) is 0 Å². The standard InChI is InChI=1S/C17H32N4O/c1-4-20(5-2)16-7-11-21(14-16)17(18-3)19-10-6-15-8-12-22-13-9-15/h8,16H,4-7,9-14H2,1-3H3,(H,18,19). The average Bonchev–Trinajstić information content (AvgIpc) is 3.03. The fourth-order valence-electron chi connectivity index (χ4n) is 3.43. The highest BCUT2D eigenvalue weighted by Gasteiger charge is 2.27. The monoisotopic (exact) mass is 308 g/mol. The Labute approximate surface area is 135 Å². The summed E-state index contributed by atoms with van der Waals surface area (Å²) in [5.74, 6) is 1.06. The molecule has 0 aromatic carbocycles. The van der Waals surface area contributed by atoms with E-state index in [4.69, 9.17) is 4.74 Å². The Balaban J connectivity index is 1.76. The second-order valence-corrected chi connectivity index (χ2v) is 6.02. The lowest BCUT2D eigenvalue weighted by molar-refractivity contribution is 0.153. The van der Waals surface area contributed by atoms with Crippen molar-refractivity contribution in [2.75, 3.05) is 53.0 Å². The SMILES string of the molecule is CCN(CC)C1CCN(C(=NC)NCCC2=CCOCC2)C1. The first-order valence-corrected chi connectivity index (χ1v) is 8.73. The Bertz CT molecular complexity index is 390. The summed E-state index contributed by atoms with van der Waals surface area (Å²) in [7, 11) is 1.89. The van der Waals surface area contributed by atoms with Gasteiger partial charge in [0.1, 0.15) is 0 Å². The summed E-state index contributed by atoms with van der Waals surface area (Å²) in [4.78, 5) is 9.43. The number of hydrogen-bond acceptors (Lipinski definition) is 3. The van der Waals surface area contributed by atoms with E-state index in [-0.39, 0.29) is 0 Å². The van der Waals surface area contributed by atoms with Gasteiger partial charge in [-0.05, 0) is 32.4 Å². The van der Waals surface area contributed by atoms with E-state index in [1.807, 2.05) is 7.05 Å². The Morgan fingerprint density at radius 1 is 1.45 bits per heavy atom. The van der Waals surface area contributed by atoms with Crippen LogP contribution in [0.4, 0.5) is 0 Å². The smallest absolute Gasteiger partial charge is 0.193 e. The van der Waals surface area contributed by atoms with E-state index in [1.165, 1.54) is 12.0 Å². The van der Waals surface area contributed by atoms with Crippen molar-refractivity contribution in [3.63, 3.8) is 0 Å². The first-order valence-electron chi connectivity index (χ1n) is 8.73. The molecule has 1 unspecified atom stereocenters. The molecule has 5 heteroatoms. The summed E-state index contributed by atoms with van der Waals surface area (Å²) in [5, 5.41) is 3.53. The number of rotatable bonds is 6. The molecule has 1 N–H and O–H groups in total. The summed E-state index contributed by atoms with van der Waals surface area (Å²) in [6.45, 7) is 11.6. The third-order valence-corrected chi connectivity index (χ3v) is 4.79. The molecule has 0 bridgehead atoms. The molecule has 1 saturated heterocycles. The van der Waals surface area contributed by atoms with Gasteiger partial charge in [-0.2, -0.15) is 0 Å². The van der Waals surface area contributed by atoms with Crippen LogP contribution in [0.25, 0.3) is 0 Å². The normalized spacial score (nSPS) is 23.1. The van der Waals surface area contributed by atoms with Crippen LogP contribution in [-0.4, -0.2) is 74.8 Å². The summed E-state index contributed by atoms with van der Waals surface area (Å²) >= 11 is 0. The van der Waals surface area contributed by atoms with Crippen molar-refractivity contribution in [3.8, 4) is 0 Å². The lowest BCUT2D eigenvalue weighted by atomic mass is 10.1. The number of likely N-dealkylation sites (tertiary alicyclic amines) is 1. The quantitative estimate of drug-likeness (QED) is 0.461. The van der Waals surface area contributed by atoms with E-state index in [9.17, 15) is 0 Å². The maximum atomic E-state index is 5.35. The number of ether oxygens (including phenoxy) is 1. The molecule has 1 atom stereocenters. The Morgan fingerprint density at radius 3 is 2.91 bits per heavy atom. The highest BCUT2D eigenvalue weighted by molar-refractivity contribution is 5.80. The summed E-state index contributed by atoms with van der Waals surface area (Å²) in [5.41, 5.74) is 1.51. The number of guanidine groups is 1. The predicted octanol–water partition coefficient (Wildman–Crippen LogP) is 1.71. The van der Waals surface area contributed by atoms with Gasteiger partial charge in [-0.15, -0.1) is 0 Å². The van der Waals surface area contributed by atoms with Crippen molar-refractivity contribution < 1.29 is 4.74 Å². The first kappa shape index (κ1) is 17.3.